The lowest BCUT2D eigenvalue weighted by Crippen LogP contribution is -2.43. The second-order valence-electron chi connectivity index (χ2n) is 6.98. The minimum Gasteiger partial charge on any atom is -0.494 e. The Hall–Kier alpha value is -1.90. The third-order valence-corrected chi connectivity index (χ3v) is 9.14. The summed E-state index contributed by atoms with van der Waals surface area (Å²) >= 11 is 0. The van der Waals surface area contributed by atoms with Crippen molar-refractivity contribution in [1.29, 1.82) is 0 Å². The molecule has 0 spiro atoms. The van der Waals surface area contributed by atoms with Gasteiger partial charge < -0.3 is 10.1 Å². The highest BCUT2D eigenvalue weighted by atomic mass is 32.2. The SMILES string of the molecule is CCOc1ccc(S(=O)(=O)[C@H]2CS(=O)(=O)C[C@@H]2NCc2ccccc2C)cc1. The molecule has 0 radical (unpaired) electrons. The molecule has 1 N–H and O–H groups in total. The molecule has 8 heteroatoms. The fourth-order valence-electron chi connectivity index (χ4n) is 3.43. The average Bonchev–Trinajstić information content (AvgIpc) is 2.97. The number of hydrogen-bond acceptors (Lipinski definition) is 6. The van der Waals surface area contributed by atoms with E-state index >= 15 is 0 Å². The fourth-order valence-corrected chi connectivity index (χ4v) is 8.14. The summed E-state index contributed by atoms with van der Waals surface area (Å²) in [5, 5.41) is 2.15. The number of rotatable bonds is 7. The third-order valence-electron chi connectivity index (χ3n) is 4.98. The summed E-state index contributed by atoms with van der Waals surface area (Å²) in [5.74, 6) is 0.0306. The third kappa shape index (κ3) is 4.56. The Labute approximate surface area is 166 Å². The van der Waals surface area contributed by atoms with E-state index < -0.39 is 31.0 Å². The van der Waals surface area contributed by atoms with Gasteiger partial charge in [-0.1, -0.05) is 24.3 Å². The van der Waals surface area contributed by atoms with Gasteiger partial charge >= 0.3 is 0 Å². The van der Waals surface area contributed by atoms with Crippen molar-refractivity contribution in [2.45, 2.75) is 36.6 Å². The topological polar surface area (TPSA) is 89.5 Å². The minimum absolute atomic E-state index is 0.112. The summed E-state index contributed by atoms with van der Waals surface area (Å²) in [4.78, 5) is 0.112. The largest absolute Gasteiger partial charge is 0.494 e. The van der Waals surface area contributed by atoms with E-state index in [0.717, 1.165) is 11.1 Å². The van der Waals surface area contributed by atoms with E-state index in [4.69, 9.17) is 4.74 Å². The zero-order valence-electron chi connectivity index (χ0n) is 16.0. The summed E-state index contributed by atoms with van der Waals surface area (Å²) in [5.41, 5.74) is 2.09. The molecule has 2 aromatic carbocycles. The van der Waals surface area contributed by atoms with Crippen molar-refractivity contribution < 1.29 is 21.6 Å². The molecule has 2 aromatic rings. The van der Waals surface area contributed by atoms with Crippen molar-refractivity contribution in [3.8, 4) is 5.75 Å². The molecule has 6 nitrogen and oxygen atoms in total. The van der Waals surface area contributed by atoms with E-state index in [-0.39, 0.29) is 16.4 Å². The molecule has 0 unspecified atom stereocenters. The van der Waals surface area contributed by atoms with Crippen molar-refractivity contribution >= 4 is 19.7 Å². The Balaban J connectivity index is 1.83. The highest BCUT2D eigenvalue weighted by molar-refractivity contribution is 7.96. The van der Waals surface area contributed by atoms with Gasteiger partial charge in [0.15, 0.2) is 19.7 Å². The van der Waals surface area contributed by atoms with E-state index in [1.807, 2.05) is 38.1 Å². The average molecular weight is 424 g/mol. The first-order valence-corrected chi connectivity index (χ1v) is 12.5. The van der Waals surface area contributed by atoms with Crippen molar-refractivity contribution in [3.63, 3.8) is 0 Å². The van der Waals surface area contributed by atoms with E-state index in [2.05, 4.69) is 5.32 Å². The Bertz CT molecular complexity index is 1030. The Morgan fingerprint density at radius 3 is 2.39 bits per heavy atom. The monoisotopic (exact) mass is 423 g/mol. The highest BCUT2D eigenvalue weighted by Crippen LogP contribution is 2.27. The Kier molecular flexibility index (Phi) is 6.12. The number of nitrogens with one attached hydrogen (secondary N) is 1. The van der Waals surface area contributed by atoms with Crippen LogP contribution >= 0.6 is 0 Å². The predicted molar refractivity (Wildman–Crippen MR) is 109 cm³/mol. The molecule has 152 valence electrons. The molecule has 1 saturated heterocycles. The van der Waals surface area contributed by atoms with Crippen LogP contribution in [0.25, 0.3) is 0 Å². The molecule has 0 saturated carbocycles. The number of aryl methyl sites for hydroxylation is 1. The molecule has 1 aliphatic heterocycles. The number of benzene rings is 2. The molecule has 0 amide bonds. The Morgan fingerprint density at radius 1 is 1.07 bits per heavy atom. The van der Waals surface area contributed by atoms with Crippen LogP contribution in [0.5, 0.6) is 5.75 Å². The van der Waals surface area contributed by atoms with Crippen molar-refractivity contribution in [2.24, 2.45) is 0 Å². The fraction of sp³-hybridized carbons (Fsp3) is 0.400. The van der Waals surface area contributed by atoms with Gasteiger partial charge in [-0.3, -0.25) is 0 Å². The smallest absolute Gasteiger partial charge is 0.183 e. The zero-order chi connectivity index (χ0) is 20.4. The normalized spacial score (nSPS) is 21.5. The molecular weight excluding hydrogens is 398 g/mol. The van der Waals surface area contributed by atoms with Crippen LogP contribution < -0.4 is 10.1 Å². The van der Waals surface area contributed by atoms with Gasteiger partial charge in [-0.25, -0.2) is 16.8 Å². The lowest BCUT2D eigenvalue weighted by Gasteiger charge is -2.20. The van der Waals surface area contributed by atoms with E-state index in [0.29, 0.717) is 18.9 Å². The maximum absolute atomic E-state index is 13.1. The van der Waals surface area contributed by atoms with Crippen LogP contribution in [0.1, 0.15) is 18.1 Å². The first-order valence-electron chi connectivity index (χ1n) is 9.18. The molecule has 0 bridgehead atoms. The van der Waals surface area contributed by atoms with Gasteiger partial charge in [0.2, 0.25) is 0 Å². The van der Waals surface area contributed by atoms with Gasteiger partial charge in [0.05, 0.1) is 28.3 Å². The molecule has 1 aliphatic rings. The molecule has 1 heterocycles. The van der Waals surface area contributed by atoms with Crippen LogP contribution in [0.4, 0.5) is 0 Å². The van der Waals surface area contributed by atoms with Gasteiger partial charge in [-0.15, -0.1) is 0 Å². The van der Waals surface area contributed by atoms with Gasteiger partial charge in [0.1, 0.15) is 5.75 Å². The lowest BCUT2D eigenvalue weighted by atomic mass is 10.1. The van der Waals surface area contributed by atoms with Crippen molar-refractivity contribution in [1.82, 2.24) is 5.32 Å². The van der Waals surface area contributed by atoms with Crippen LogP contribution in [-0.2, 0) is 26.2 Å². The molecule has 28 heavy (non-hydrogen) atoms. The second-order valence-corrected chi connectivity index (χ2v) is 11.3. The van der Waals surface area contributed by atoms with Crippen LogP contribution in [0.15, 0.2) is 53.4 Å². The van der Waals surface area contributed by atoms with E-state index in [1.165, 1.54) is 12.1 Å². The Morgan fingerprint density at radius 2 is 1.75 bits per heavy atom. The first-order chi connectivity index (χ1) is 13.2. The van der Waals surface area contributed by atoms with Crippen molar-refractivity contribution in [2.75, 3.05) is 18.1 Å². The second kappa shape index (κ2) is 8.23. The summed E-state index contributed by atoms with van der Waals surface area (Å²) in [6.45, 7) is 4.72. The summed E-state index contributed by atoms with van der Waals surface area (Å²) in [6, 6.07) is 13.2. The molecule has 0 aromatic heterocycles. The predicted octanol–water partition coefficient (Wildman–Crippen LogP) is 2.12. The minimum atomic E-state index is -3.80. The number of sulfone groups is 2. The number of hydrogen-bond donors (Lipinski definition) is 1. The molecule has 1 fully saturated rings. The molecular formula is C20H25NO5S2. The highest BCUT2D eigenvalue weighted by Gasteiger charge is 2.45. The lowest BCUT2D eigenvalue weighted by molar-refractivity contribution is 0.340. The molecule has 0 aliphatic carbocycles. The maximum atomic E-state index is 13.1. The van der Waals surface area contributed by atoms with E-state index in [1.54, 1.807) is 12.1 Å². The standard InChI is InChI=1S/C20H25NO5S2/c1-3-26-17-8-10-18(11-9-17)28(24,25)20-14-27(22,23)13-19(20)21-12-16-7-5-4-6-15(16)2/h4-11,19-21H,3,12-14H2,1-2H3/t19-,20-/m0/s1. The van der Waals surface area contributed by atoms with Crippen molar-refractivity contribution in [3.05, 3.63) is 59.7 Å². The summed E-state index contributed by atoms with van der Waals surface area (Å²) < 4.78 is 56.1. The molecule has 3 rings (SSSR count). The quantitative estimate of drug-likeness (QED) is 0.734. The van der Waals surface area contributed by atoms with Gasteiger partial charge in [0, 0.05) is 12.6 Å². The maximum Gasteiger partial charge on any atom is 0.183 e. The van der Waals surface area contributed by atoms with Gasteiger partial charge in [-0.05, 0) is 49.2 Å². The van der Waals surface area contributed by atoms with Crippen LogP contribution in [0.3, 0.4) is 0 Å². The summed E-state index contributed by atoms with van der Waals surface area (Å²) in [6.07, 6.45) is 0. The zero-order valence-corrected chi connectivity index (χ0v) is 17.6. The van der Waals surface area contributed by atoms with Crippen LogP contribution in [0.2, 0.25) is 0 Å². The summed E-state index contributed by atoms with van der Waals surface area (Å²) in [7, 11) is -7.24. The van der Waals surface area contributed by atoms with Gasteiger partial charge in [0.25, 0.3) is 0 Å². The first kappa shape index (κ1) is 20.8. The van der Waals surface area contributed by atoms with E-state index in [9.17, 15) is 16.8 Å². The van der Waals surface area contributed by atoms with Crippen LogP contribution in [0, 0.1) is 6.92 Å². The number of ether oxygens (including phenoxy) is 1. The van der Waals surface area contributed by atoms with Gasteiger partial charge in [-0.2, -0.15) is 0 Å². The van der Waals surface area contributed by atoms with Crippen LogP contribution in [-0.4, -0.2) is 46.2 Å². The molecule has 2 atom stereocenters.